The number of hydrogen-bond acceptors (Lipinski definition) is 3. The zero-order valence-electron chi connectivity index (χ0n) is 9.03. The van der Waals surface area contributed by atoms with Crippen LogP contribution >= 0.6 is 27.3 Å². The molecule has 0 spiro atoms. The molecule has 15 heavy (non-hydrogen) atoms. The predicted octanol–water partition coefficient (Wildman–Crippen LogP) is 3.63. The normalized spacial score (nSPS) is 12.7. The van der Waals surface area contributed by atoms with E-state index in [0.29, 0.717) is 12.5 Å². The first kappa shape index (κ1) is 12.7. The minimum Gasteiger partial charge on any atom is -0.298 e. The molecule has 1 aromatic heterocycles. The molecular weight excluding hydrogens is 272 g/mol. The summed E-state index contributed by atoms with van der Waals surface area (Å²) in [4.78, 5) is 2.25. The summed E-state index contributed by atoms with van der Waals surface area (Å²) in [5, 5.41) is 10.9. The highest BCUT2D eigenvalue weighted by Crippen LogP contribution is 2.22. The van der Waals surface area contributed by atoms with Crippen molar-refractivity contribution in [1.29, 1.82) is 5.26 Å². The Kier molecular flexibility index (Phi) is 5.30. The van der Waals surface area contributed by atoms with Crippen LogP contribution in [-0.2, 0) is 6.54 Å². The molecule has 0 aliphatic carbocycles. The second kappa shape index (κ2) is 6.26. The van der Waals surface area contributed by atoms with Gasteiger partial charge in [-0.3, -0.25) is 4.90 Å². The van der Waals surface area contributed by atoms with Crippen LogP contribution in [0.3, 0.4) is 0 Å². The van der Waals surface area contributed by atoms with Crippen molar-refractivity contribution in [2.75, 3.05) is 7.05 Å². The van der Waals surface area contributed by atoms with Gasteiger partial charge in [0.05, 0.1) is 16.3 Å². The Bertz CT molecular complexity index is 343. The zero-order valence-corrected chi connectivity index (χ0v) is 11.4. The van der Waals surface area contributed by atoms with E-state index < -0.39 is 0 Å². The molecule has 0 N–H and O–H groups in total. The summed E-state index contributed by atoms with van der Waals surface area (Å²) in [6.45, 7) is 3.05. The Morgan fingerprint density at radius 1 is 1.67 bits per heavy atom. The lowest BCUT2D eigenvalue weighted by atomic mass is 10.1. The second-order valence-electron chi connectivity index (χ2n) is 3.60. The summed E-state index contributed by atoms with van der Waals surface area (Å²) < 4.78 is 1.17. The summed E-state index contributed by atoms with van der Waals surface area (Å²) in [5.41, 5.74) is 1.31. The molecule has 0 bridgehead atoms. The zero-order chi connectivity index (χ0) is 11.3. The molecule has 2 nitrogen and oxygen atoms in total. The molecule has 0 aliphatic rings. The smallest absolute Gasteiger partial charge is 0.0701 e. The van der Waals surface area contributed by atoms with E-state index >= 15 is 0 Å². The molecule has 0 saturated heterocycles. The van der Waals surface area contributed by atoms with Gasteiger partial charge in [0.2, 0.25) is 0 Å². The molecular formula is C11H15BrN2S. The number of nitrogens with zero attached hydrogens (tertiary/aromatic N) is 2. The van der Waals surface area contributed by atoms with Crippen LogP contribution in [-0.4, -0.2) is 18.0 Å². The maximum atomic E-state index is 8.70. The van der Waals surface area contributed by atoms with Crippen LogP contribution in [0.2, 0.25) is 0 Å². The molecule has 0 aliphatic heterocycles. The Balaban J connectivity index is 2.54. The van der Waals surface area contributed by atoms with Crippen molar-refractivity contribution in [3.63, 3.8) is 0 Å². The number of rotatable bonds is 5. The lowest BCUT2D eigenvalue weighted by molar-refractivity contribution is 0.230. The highest BCUT2D eigenvalue weighted by Gasteiger charge is 2.12. The molecule has 4 heteroatoms. The van der Waals surface area contributed by atoms with E-state index in [9.17, 15) is 0 Å². The Morgan fingerprint density at radius 3 is 2.87 bits per heavy atom. The van der Waals surface area contributed by atoms with E-state index in [-0.39, 0.29) is 0 Å². The van der Waals surface area contributed by atoms with Crippen molar-refractivity contribution in [3.8, 4) is 6.07 Å². The van der Waals surface area contributed by atoms with Gasteiger partial charge >= 0.3 is 0 Å². The van der Waals surface area contributed by atoms with Crippen LogP contribution in [0.4, 0.5) is 0 Å². The largest absolute Gasteiger partial charge is 0.298 e. The van der Waals surface area contributed by atoms with Gasteiger partial charge in [0, 0.05) is 12.6 Å². The maximum Gasteiger partial charge on any atom is 0.0701 e. The SMILES string of the molecule is CCC(CC#N)N(C)Cc1csc(Br)c1. The summed E-state index contributed by atoms with van der Waals surface area (Å²) in [7, 11) is 2.08. The molecule has 0 fully saturated rings. The van der Waals surface area contributed by atoms with Crippen LogP contribution < -0.4 is 0 Å². The molecule has 0 radical (unpaired) electrons. The van der Waals surface area contributed by atoms with Gasteiger partial charge in [0.25, 0.3) is 0 Å². The van der Waals surface area contributed by atoms with Crippen molar-refractivity contribution in [1.82, 2.24) is 4.90 Å². The molecule has 1 atom stereocenters. The van der Waals surface area contributed by atoms with Crippen molar-refractivity contribution < 1.29 is 0 Å². The summed E-state index contributed by atoms with van der Waals surface area (Å²) >= 11 is 5.16. The van der Waals surface area contributed by atoms with Gasteiger partial charge in [-0.15, -0.1) is 11.3 Å². The van der Waals surface area contributed by atoms with Crippen LogP contribution in [0.15, 0.2) is 15.2 Å². The van der Waals surface area contributed by atoms with Crippen molar-refractivity contribution in [3.05, 3.63) is 20.8 Å². The van der Waals surface area contributed by atoms with Gasteiger partial charge in [-0.25, -0.2) is 0 Å². The van der Waals surface area contributed by atoms with E-state index in [1.807, 2.05) is 0 Å². The van der Waals surface area contributed by atoms with Gasteiger partial charge in [-0.1, -0.05) is 6.92 Å². The highest BCUT2D eigenvalue weighted by atomic mass is 79.9. The third-order valence-electron chi connectivity index (χ3n) is 2.48. The van der Waals surface area contributed by atoms with Gasteiger partial charge in [-0.2, -0.15) is 5.26 Å². The van der Waals surface area contributed by atoms with Crippen molar-refractivity contribution >= 4 is 27.3 Å². The fraction of sp³-hybridized carbons (Fsp3) is 0.545. The lowest BCUT2D eigenvalue weighted by Gasteiger charge is -2.24. The Morgan fingerprint density at radius 2 is 2.40 bits per heavy atom. The summed E-state index contributed by atoms with van der Waals surface area (Å²) in [5.74, 6) is 0. The fourth-order valence-corrected chi connectivity index (χ4v) is 2.76. The first-order chi connectivity index (χ1) is 7.17. The summed E-state index contributed by atoms with van der Waals surface area (Å²) in [6.07, 6.45) is 1.63. The number of nitriles is 1. The van der Waals surface area contributed by atoms with Crippen LogP contribution in [0.25, 0.3) is 0 Å². The molecule has 1 rings (SSSR count). The van der Waals surface area contributed by atoms with Gasteiger partial charge in [-0.05, 0) is 46.4 Å². The first-order valence-electron chi connectivity index (χ1n) is 4.97. The Hall–Kier alpha value is -0.370. The summed E-state index contributed by atoms with van der Waals surface area (Å²) in [6, 6.07) is 4.75. The first-order valence-corrected chi connectivity index (χ1v) is 6.64. The standard InChI is InChI=1S/C11H15BrN2S/c1-3-10(4-5-13)14(2)7-9-6-11(12)15-8-9/h6,8,10H,3-4,7H2,1-2H3. The number of halogens is 1. The second-order valence-corrected chi connectivity index (χ2v) is 5.89. The monoisotopic (exact) mass is 286 g/mol. The van der Waals surface area contributed by atoms with Gasteiger partial charge < -0.3 is 0 Å². The van der Waals surface area contributed by atoms with E-state index in [2.05, 4.69) is 52.3 Å². The maximum absolute atomic E-state index is 8.70. The number of hydrogen-bond donors (Lipinski definition) is 0. The van der Waals surface area contributed by atoms with Crippen LogP contribution in [0, 0.1) is 11.3 Å². The van der Waals surface area contributed by atoms with Crippen molar-refractivity contribution in [2.24, 2.45) is 0 Å². The van der Waals surface area contributed by atoms with E-state index in [4.69, 9.17) is 5.26 Å². The van der Waals surface area contributed by atoms with Gasteiger partial charge in [0.1, 0.15) is 0 Å². The minimum atomic E-state index is 0.369. The molecule has 0 aromatic carbocycles. The van der Waals surface area contributed by atoms with Crippen molar-refractivity contribution in [2.45, 2.75) is 32.4 Å². The van der Waals surface area contributed by atoms with Crippen LogP contribution in [0.1, 0.15) is 25.3 Å². The van der Waals surface area contributed by atoms with E-state index in [1.54, 1.807) is 11.3 Å². The average Bonchev–Trinajstić information content (AvgIpc) is 2.60. The molecule has 82 valence electrons. The fourth-order valence-electron chi connectivity index (χ4n) is 1.56. The van der Waals surface area contributed by atoms with E-state index in [0.717, 1.165) is 13.0 Å². The highest BCUT2D eigenvalue weighted by molar-refractivity contribution is 9.11. The molecule has 0 saturated carbocycles. The predicted molar refractivity (Wildman–Crippen MR) is 67.8 cm³/mol. The quantitative estimate of drug-likeness (QED) is 0.826. The molecule has 1 heterocycles. The van der Waals surface area contributed by atoms with Crippen LogP contribution in [0.5, 0.6) is 0 Å². The topological polar surface area (TPSA) is 27.0 Å². The van der Waals surface area contributed by atoms with Gasteiger partial charge in [0.15, 0.2) is 0 Å². The minimum absolute atomic E-state index is 0.369. The number of thiophene rings is 1. The molecule has 1 aromatic rings. The average molecular weight is 287 g/mol. The third-order valence-corrected chi connectivity index (χ3v) is 4.03. The lowest BCUT2D eigenvalue weighted by Crippen LogP contribution is -2.30. The third kappa shape index (κ3) is 3.94. The molecule has 1 unspecified atom stereocenters. The Labute approximate surface area is 104 Å². The van der Waals surface area contributed by atoms with E-state index in [1.165, 1.54) is 9.35 Å². The molecule has 0 amide bonds.